The van der Waals surface area contributed by atoms with E-state index >= 15 is 0 Å². The summed E-state index contributed by atoms with van der Waals surface area (Å²) >= 11 is 0. The average Bonchev–Trinajstić information content (AvgIpc) is 2.14. The van der Waals surface area contributed by atoms with Gasteiger partial charge in [-0.3, -0.25) is 0 Å². The van der Waals surface area contributed by atoms with Gasteiger partial charge in [-0.15, -0.1) is 0 Å². The van der Waals surface area contributed by atoms with Crippen molar-refractivity contribution < 1.29 is 5.11 Å². The Morgan fingerprint density at radius 2 is 1.71 bits per heavy atom. The molecule has 1 nitrogen and oxygen atoms in total. The van der Waals surface area contributed by atoms with Crippen molar-refractivity contribution in [2.45, 2.75) is 33.1 Å². The molecule has 0 radical (unpaired) electrons. The number of aliphatic hydroxyl groups excluding tert-OH is 1. The van der Waals surface area contributed by atoms with Crippen LogP contribution in [-0.4, -0.2) is 11.7 Å². The summed E-state index contributed by atoms with van der Waals surface area (Å²) in [6, 6.07) is 10.2. The molecule has 0 aliphatic heterocycles. The highest BCUT2D eigenvalue weighted by Gasteiger charge is 2.19. The van der Waals surface area contributed by atoms with Gasteiger partial charge in [-0.05, 0) is 17.4 Å². The molecule has 78 valence electrons. The van der Waals surface area contributed by atoms with Crippen LogP contribution in [0.4, 0.5) is 0 Å². The number of hydrogen-bond donors (Lipinski definition) is 1. The van der Waals surface area contributed by atoms with Gasteiger partial charge in [0.2, 0.25) is 0 Å². The highest BCUT2D eigenvalue weighted by Crippen LogP contribution is 2.30. The predicted octanol–water partition coefficient (Wildman–Crippen LogP) is 3.20. The van der Waals surface area contributed by atoms with Crippen LogP contribution in [0.3, 0.4) is 0 Å². The predicted molar refractivity (Wildman–Crippen MR) is 60.3 cm³/mol. The molecule has 0 saturated heterocycles. The van der Waals surface area contributed by atoms with E-state index in [9.17, 15) is 5.11 Å². The van der Waals surface area contributed by atoms with E-state index in [-0.39, 0.29) is 17.9 Å². The quantitative estimate of drug-likeness (QED) is 0.779. The first-order chi connectivity index (χ1) is 6.53. The van der Waals surface area contributed by atoms with Crippen molar-refractivity contribution >= 4 is 0 Å². The topological polar surface area (TPSA) is 20.2 Å². The Hall–Kier alpha value is -0.820. The summed E-state index contributed by atoms with van der Waals surface area (Å²) in [6.45, 7) is 6.86. The largest absolute Gasteiger partial charge is 0.396 e. The number of rotatable bonds is 3. The van der Waals surface area contributed by atoms with E-state index in [0.29, 0.717) is 0 Å². The molecule has 0 bridgehead atoms. The van der Waals surface area contributed by atoms with Gasteiger partial charge < -0.3 is 5.11 Å². The molecule has 1 aromatic carbocycles. The molecule has 1 unspecified atom stereocenters. The lowest BCUT2D eigenvalue weighted by atomic mass is 9.82. The van der Waals surface area contributed by atoms with Crippen LogP contribution in [0.15, 0.2) is 30.3 Å². The third-order valence-electron chi connectivity index (χ3n) is 2.35. The van der Waals surface area contributed by atoms with E-state index < -0.39 is 0 Å². The zero-order valence-corrected chi connectivity index (χ0v) is 9.33. The molecule has 0 aliphatic carbocycles. The lowest BCUT2D eigenvalue weighted by molar-refractivity contribution is 0.222. The molecular weight excluding hydrogens is 172 g/mol. The Labute approximate surface area is 86.8 Å². The van der Waals surface area contributed by atoms with Crippen molar-refractivity contribution in [2.24, 2.45) is 5.41 Å². The van der Waals surface area contributed by atoms with Crippen molar-refractivity contribution in [1.29, 1.82) is 0 Å². The van der Waals surface area contributed by atoms with Crippen molar-refractivity contribution in [3.8, 4) is 0 Å². The van der Waals surface area contributed by atoms with Crippen LogP contribution in [0.1, 0.15) is 38.7 Å². The van der Waals surface area contributed by atoms with Gasteiger partial charge in [0.05, 0.1) is 0 Å². The van der Waals surface area contributed by atoms with Crippen LogP contribution >= 0.6 is 0 Å². The first kappa shape index (κ1) is 11.3. The molecule has 0 spiro atoms. The second kappa shape index (κ2) is 4.61. The summed E-state index contributed by atoms with van der Waals surface area (Å²) in [6.07, 6.45) is 1.02. The van der Waals surface area contributed by atoms with Crippen LogP contribution in [-0.2, 0) is 0 Å². The third kappa shape index (κ3) is 3.51. The average molecular weight is 192 g/mol. The molecule has 1 heteroatoms. The molecule has 0 heterocycles. The Kier molecular flexibility index (Phi) is 3.70. The first-order valence-corrected chi connectivity index (χ1v) is 5.19. The summed E-state index contributed by atoms with van der Waals surface area (Å²) in [7, 11) is 0. The van der Waals surface area contributed by atoms with Gasteiger partial charge >= 0.3 is 0 Å². The van der Waals surface area contributed by atoms with Crippen molar-refractivity contribution in [3.63, 3.8) is 0 Å². The lowest BCUT2D eigenvalue weighted by Gasteiger charge is -2.24. The van der Waals surface area contributed by atoms with Gasteiger partial charge in [-0.1, -0.05) is 51.1 Å². The van der Waals surface area contributed by atoms with E-state index in [4.69, 9.17) is 0 Å². The molecule has 0 saturated carbocycles. The first-order valence-electron chi connectivity index (χ1n) is 5.19. The van der Waals surface area contributed by atoms with Gasteiger partial charge in [0.15, 0.2) is 0 Å². The van der Waals surface area contributed by atoms with Crippen LogP contribution in [0.2, 0.25) is 0 Å². The minimum absolute atomic E-state index is 0.237. The van der Waals surface area contributed by atoms with Crippen LogP contribution < -0.4 is 0 Å². The summed E-state index contributed by atoms with van der Waals surface area (Å²) < 4.78 is 0. The summed E-state index contributed by atoms with van der Waals surface area (Å²) in [5, 5.41) is 9.34. The Bertz CT molecular complexity index is 258. The molecule has 1 rings (SSSR count). The minimum atomic E-state index is 0.237. The fraction of sp³-hybridized carbons (Fsp3) is 0.538. The standard InChI is InChI=1S/C13H20O/c1-13(2,3)9-12(10-14)11-7-5-4-6-8-11/h4-8,12,14H,9-10H2,1-3H3. The zero-order chi connectivity index (χ0) is 10.6. The number of hydrogen-bond acceptors (Lipinski definition) is 1. The second-order valence-electron chi connectivity index (χ2n) is 5.05. The molecule has 0 amide bonds. The summed E-state index contributed by atoms with van der Waals surface area (Å²) in [4.78, 5) is 0. The molecule has 1 aromatic rings. The van der Waals surface area contributed by atoms with Crippen molar-refractivity contribution in [2.75, 3.05) is 6.61 Å². The van der Waals surface area contributed by atoms with Crippen LogP contribution in [0, 0.1) is 5.41 Å². The normalized spacial score (nSPS) is 14.0. The monoisotopic (exact) mass is 192 g/mol. The maximum atomic E-state index is 9.34. The third-order valence-corrected chi connectivity index (χ3v) is 2.35. The summed E-state index contributed by atoms with van der Waals surface area (Å²) in [5.41, 5.74) is 1.51. The van der Waals surface area contributed by atoms with E-state index in [1.54, 1.807) is 0 Å². The van der Waals surface area contributed by atoms with Gasteiger partial charge in [0, 0.05) is 12.5 Å². The molecular formula is C13H20O. The molecule has 0 aliphatic rings. The van der Waals surface area contributed by atoms with E-state index in [2.05, 4.69) is 32.9 Å². The highest BCUT2D eigenvalue weighted by molar-refractivity contribution is 5.19. The lowest BCUT2D eigenvalue weighted by Crippen LogP contribution is -2.14. The minimum Gasteiger partial charge on any atom is -0.396 e. The Morgan fingerprint density at radius 1 is 1.14 bits per heavy atom. The highest BCUT2D eigenvalue weighted by atomic mass is 16.3. The van der Waals surface area contributed by atoms with Crippen LogP contribution in [0.25, 0.3) is 0 Å². The second-order valence-corrected chi connectivity index (χ2v) is 5.05. The maximum absolute atomic E-state index is 9.34. The SMILES string of the molecule is CC(C)(C)CC(CO)c1ccccc1. The van der Waals surface area contributed by atoms with Crippen molar-refractivity contribution in [1.82, 2.24) is 0 Å². The van der Waals surface area contributed by atoms with E-state index in [0.717, 1.165) is 6.42 Å². The van der Waals surface area contributed by atoms with Gasteiger partial charge in [0.1, 0.15) is 0 Å². The van der Waals surface area contributed by atoms with Gasteiger partial charge in [-0.25, -0.2) is 0 Å². The van der Waals surface area contributed by atoms with E-state index in [1.807, 2.05) is 18.2 Å². The van der Waals surface area contributed by atoms with Crippen LogP contribution in [0.5, 0.6) is 0 Å². The van der Waals surface area contributed by atoms with Gasteiger partial charge in [0.25, 0.3) is 0 Å². The number of aliphatic hydroxyl groups is 1. The summed E-state index contributed by atoms with van der Waals surface area (Å²) in [5.74, 6) is 0.274. The fourth-order valence-electron chi connectivity index (χ4n) is 1.75. The number of benzene rings is 1. The maximum Gasteiger partial charge on any atom is 0.0499 e. The Balaban J connectivity index is 2.73. The van der Waals surface area contributed by atoms with E-state index in [1.165, 1.54) is 5.56 Å². The smallest absolute Gasteiger partial charge is 0.0499 e. The fourth-order valence-corrected chi connectivity index (χ4v) is 1.75. The molecule has 1 N–H and O–H groups in total. The zero-order valence-electron chi connectivity index (χ0n) is 9.33. The molecule has 0 aromatic heterocycles. The molecule has 0 fully saturated rings. The van der Waals surface area contributed by atoms with Crippen molar-refractivity contribution in [3.05, 3.63) is 35.9 Å². The molecule has 1 atom stereocenters. The molecule has 14 heavy (non-hydrogen) atoms. The Morgan fingerprint density at radius 3 is 2.14 bits per heavy atom. The van der Waals surface area contributed by atoms with Gasteiger partial charge in [-0.2, -0.15) is 0 Å².